The second kappa shape index (κ2) is 9.71. The molecule has 3 rings (SSSR count). The molecule has 1 amide bonds. The molecule has 2 N–H and O–H groups in total. The third kappa shape index (κ3) is 5.81. The Morgan fingerprint density at radius 3 is 2.81 bits per heavy atom. The Labute approximate surface area is 160 Å². The van der Waals surface area contributed by atoms with Crippen molar-refractivity contribution < 1.29 is 4.79 Å². The van der Waals surface area contributed by atoms with E-state index < -0.39 is 0 Å². The summed E-state index contributed by atoms with van der Waals surface area (Å²) in [6.45, 7) is 5.61. The molecule has 0 radical (unpaired) electrons. The van der Waals surface area contributed by atoms with Gasteiger partial charge in [0.1, 0.15) is 0 Å². The van der Waals surface area contributed by atoms with Gasteiger partial charge < -0.3 is 15.5 Å². The Morgan fingerprint density at radius 2 is 2.07 bits per heavy atom. The van der Waals surface area contributed by atoms with Crippen LogP contribution >= 0.6 is 0 Å². The van der Waals surface area contributed by atoms with E-state index in [1.54, 1.807) is 6.20 Å². The number of hydrogen-bond acceptors (Lipinski definition) is 3. The molecule has 1 fully saturated rings. The molecule has 2 heterocycles. The van der Waals surface area contributed by atoms with Gasteiger partial charge in [-0.25, -0.2) is 4.99 Å². The number of rotatable bonds is 7. The number of aliphatic imine (C=N–C) groups is 1. The van der Waals surface area contributed by atoms with E-state index in [4.69, 9.17) is 0 Å². The lowest BCUT2D eigenvalue weighted by Gasteiger charge is -2.16. The number of amides is 1. The van der Waals surface area contributed by atoms with Crippen LogP contribution in [0.25, 0.3) is 0 Å². The van der Waals surface area contributed by atoms with Gasteiger partial charge in [-0.05, 0) is 36.6 Å². The first-order valence-electron chi connectivity index (χ1n) is 9.52. The van der Waals surface area contributed by atoms with Crippen molar-refractivity contribution >= 4 is 11.9 Å². The van der Waals surface area contributed by atoms with E-state index in [2.05, 4.69) is 38.8 Å². The molecule has 1 aliphatic heterocycles. The normalized spacial score (nSPS) is 14.5. The van der Waals surface area contributed by atoms with Crippen molar-refractivity contribution in [1.29, 1.82) is 0 Å². The minimum Gasteiger partial charge on any atom is -0.357 e. The van der Waals surface area contributed by atoms with Crippen molar-refractivity contribution in [2.24, 2.45) is 4.99 Å². The predicted molar refractivity (Wildman–Crippen MR) is 107 cm³/mol. The van der Waals surface area contributed by atoms with E-state index in [1.165, 1.54) is 0 Å². The summed E-state index contributed by atoms with van der Waals surface area (Å²) in [5.74, 6) is 1.02. The minimum atomic E-state index is 0.256. The molecule has 0 spiro atoms. The second-order valence-electron chi connectivity index (χ2n) is 6.61. The van der Waals surface area contributed by atoms with E-state index in [0.717, 1.165) is 42.3 Å². The van der Waals surface area contributed by atoms with Gasteiger partial charge in [-0.1, -0.05) is 30.3 Å². The van der Waals surface area contributed by atoms with Crippen LogP contribution in [0.1, 0.15) is 36.6 Å². The Bertz CT molecular complexity index is 775. The van der Waals surface area contributed by atoms with Crippen LogP contribution in [0, 0.1) is 0 Å². The van der Waals surface area contributed by atoms with Gasteiger partial charge in [0.15, 0.2) is 5.96 Å². The van der Waals surface area contributed by atoms with Crippen molar-refractivity contribution in [1.82, 2.24) is 20.5 Å². The zero-order valence-electron chi connectivity index (χ0n) is 15.8. The van der Waals surface area contributed by atoms with Gasteiger partial charge in [-0.3, -0.25) is 9.78 Å². The van der Waals surface area contributed by atoms with Crippen LogP contribution in [0.2, 0.25) is 0 Å². The molecular weight excluding hydrogens is 338 g/mol. The summed E-state index contributed by atoms with van der Waals surface area (Å²) in [4.78, 5) is 22.7. The Balaban J connectivity index is 1.59. The van der Waals surface area contributed by atoms with Crippen LogP contribution in [0.5, 0.6) is 0 Å². The van der Waals surface area contributed by atoms with Crippen LogP contribution in [0.3, 0.4) is 0 Å². The molecule has 0 aliphatic carbocycles. The van der Waals surface area contributed by atoms with Crippen molar-refractivity contribution in [2.75, 3.05) is 13.1 Å². The highest BCUT2D eigenvalue weighted by Gasteiger charge is 2.19. The van der Waals surface area contributed by atoms with Gasteiger partial charge in [0.25, 0.3) is 0 Å². The molecule has 1 saturated heterocycles. The average molecular weight is 365 g/mol. The number of hydrogen-bond donors (Lipinski definition) is 2. The van der Waals surface area contributed by atoms with E-state index >= 15 is 0 Å². The number of guanidine groups is 1. The Morgan fingerprint density at radius 1 is 1.19 bits per heavy atom. The van der Waals surface area contributed by atoms with E-state index in [-0.39, 0.29) is 5.91 Å². The molecule has 1 aliphatic rings. The van der Waals surface area contributed by atoms with Crippen molar-refractivity contribution in [3.8, 4) is 0 Å². The smallest absolute Gasteiger partial charge is 0.222 e. The minimum absolute atomic E-state index is 0.256. The SMILES string of the molecule is CCNC(=NCc1cccc(CN2CCCC2=O)c1)NCc1ccccn1. The first-order valence-corrected chi connectivity index (χ1v) is 9.52. The summed E-state index contributed by atoms with van der Waals surface area (Å²) >= 11 is 0. The lowest BCUT2D eigenvalue weighted by atomic mass is 10.1. The third-order valence-corrected chi connectivity index (χ3v) is 4.46. The molecule has 142 valence electrons. The first kappa shape index (κ1) is 18.9. The van der Waals surface area contributed by atoms with Crippen molar-refractivity contribution in [3.63, 3.8) is 0 Å². The summed E-state index contributed by atoms with van der Waals surface area (Å²) in [5.41, 5.74) is 3.26. The number of carbonyl (C=O) groups excluding carboxylic acids is 1. The summed E-state index contributed by atoms with van der Waals surface area (Å²) in [5, 5.41) is 6.57. The topological polar surface area (TPSA) is 69.6 Å². The zero-order chi connectivity index (χ0) is 18.9. The predicted octanol–water partition coefficient (Wildman–Crippen LogP) is 2.46. The molecule has 2 aromatic rings. The van der Waals surface area contributed by atoms with Crippen LogP contribution in [0.4, 0.5) is 0 Å². The summed E-state index contributed by atoms with van der Waals surface area (Å²) in [6, 6.07) is 14.2. The van der Waals surface area contributed by atoms with Crippen molar-refractivity contribution in [2.45, 2.75) is 39.4 Å². The van der Waals surface area contributed by atoms with Crippen LogP contribution in [-0.4, -0.2) is 34.8 Å². The van der Waals surface area contributed by atoms with Gasteiger partial charge >= 0.3 is 0 Å². The second-order valence-corrected chi connectivity index (χ2v) is 6.61. The van der Waals surface area contributed by atoms with E-state index in [0.29, 0.717) is 26.1 Å². The van der Waals surface area contributed by atoms with Gasteiger partial charge in [-0.2, -0.15) is 0 Å². The number of pyridine rings is 1. The molecule has 0 saturated carbocycles. The monoisotopic (exact) mass is 365 g/mol. The van der Waals surface area contributed by atoms with Crippen LogP contribution in [-0.2, 0) is 24.4 Å². The fraction of sp³-hybridized carbons (Fsp3) is 0.381. The molecule has 1 aromatic carbocycles. The highest BCUT2D eigenvalue weighted by molar-refractivity contribution is 5.79. The number of likely N-dealkylation sites (tertiary alicyclic amines) is 1. The fourth-order valence-corrected chi connectivity index (χ4v) is 3.11. The van der Waals surface area contributed by atoms with Crippen LogP contribution in [0.15, 0.2) is 53.7 Å². The molecular formula is C21H27N5O. The number of nitrogens with zero attached hydrogens (tertiary/aromatic N) is 3. The highest BCUT2D eigenvalue weighted by Crippen LogP contribution is 2.15. The first-order chi connectivity index (χ1) is 13.2. The number of aromatic nitrogens is 1. The number of nitrogens with one attached hydrogen (secondary N) is 2. The number of carbonyl (C=O) groups is 1. The largest absolute Gasteiger partial charge is 0.357 e. The molecule has 6 heteroatoms. The molecule has 0 bridgehead atoms. The van der Waals surface area contributed by atoms with Gasteiger partial charge in [0.2, 0.25) is 5.91 Å². The fourth-order valence-electron chi connectivity index (χ4n) is 3.11. The van der Waals surface area contributed by atoms with Crippen LogP contribution < -0.4 is 10.6 Å². The summed E-state index contributed by atoms with van der Waals surface area (Å²) < 4.78 is 0. The zero-order valence-corrected chi connectivity index (χ0v) is 15.8. The Kier molecular flexibility index (Phi) is 6.79. The Hall–Kier alpha value is -2.89. The average Bonchev–Trinajstić information content (AvgIpc) is 3.10. The van der Waals surface area contributed by atoms with Gasteiger partial charge in [-0.15, -0.1) is 0 Å². The van der Waals surface area contributed by atoms with Gasteiger partial charge in [0.05, 0.1) is 18.8 Å². The molecule has 0 atom stereocenters. The number of benzene rings is 1. The van der Waals surface area contributed by atoms with E-state index in [1.807, 2.05) is 36.1 Å². The molecule has 27 heavy (non-hydrogen) atoms. The summed E-state index contributed by atoms with van der Waals surface area (Å²) in [7, 11) is 0. The molecule has 0 unspecified atom stereocenters. The van der Waals surface area contributed by atoms with Crippen molar-refractivity contribution in [3.05, 3.63) is 65.5 Å². The maximum Gasteiger partial charge on any atom is 0.222 e. The lowest BCUT2D eigenvalue weighted by molar-refractivity contribution is -0.128. The summed E-state index contributed by atoms with van der Waals surface area (Å²) in [6.07, 6.45) is 3.44. The van der Waals surface area contributed by atoms with E-state index in [9.17, 15) is 4.79 Å². The highest BCUT2D eigenvalue weighted by atomic mass is 16.2. The third-order valence-electron chi connectivity index (χ3n) is 4.46. The lowest BCUT2D eigenvalue weighted by Crippen LogP contribution is -2.37. The molecule has 1 aromatic heterocycles. The maximum atomic E-state index is 11.8. The molecule has 6 nitrogen and oxygen atoms in total. The van der Waals surface area contributed by atoms with Gasteiger partial charge in [0, 0.05) is 32.3 Å². The quantitative estimate of drug-likeness (QED) is 0.584. The maximum absolute atomic E-state index is 11.8. The standard InChI is InChI=1S/C21H27N5O/c1-2-22-21(25-15-19-9-3-4-11-23-19)24-14-17-7-5-8-18(13-17)16-26-12-6-10-20(26)27/h3-5,7-9,11,13H,2,6,10,12,14-16H2,1H3,(H2,22,24,25).